The molecule has 3 aromatic rings. The minimum atomic E-state index is 0.173. The normalized spacial score (nSPS) is 21.0. The van der Waals surface area contributed by atoms with Crippen molar-refractivity contribution < 1.29 is 4.79 Å². The highest BCUT2D eigenvalue weighted by Crippen LogP contribution is 2.40. The summed E-state index contributed by atoms with van der Waals surface area (Å²) in [5.74, 6) is 0.859. The molecule has 1 aliphatic carbocycles. The molecule has 2 bridgehead atoms. The summed E-state index contributed by atoms with van der Waals surface area (Å²) in [7, 11) is 0. The third-order valence-electron chi connectivity index (χ3n) is 6.50. The van der Waals surface area contributed by atoms with Gasteiger partial charge in [0.1, 0.15) is 0 Å². The Bertz CT molecular complexity index is 1080. The van der Waals surface area contributed by atoms with Gasteiger partial charge in [-0.2, -0.15) is 5.10 Å². The van der Waals surface area contributed by atoms with E-state index in [1.165, 1.54) is 12.8 Å². The number of fused-ring (bicyclic) bond motifs is 3. The summed E-state index contributed by atoms with van der Waals surface area (Å²) in [6.07, 6.45) is 7.45. The maximum atomic E-state index is 13.7. The predicted molar refractivity (Wildman–Crippen MR) is 110 cm³/mol. The molecular formula is C23H26N4O. The summed E-state index contributed by atoms with van der Waals surface area (Å²) in [4.78, 5) is 20.8. The molecule has 0 N–H and O–H groups in total. The van der Waals surface area contributed by atoms with Crippen LogP contribution >= 0.6 is 0 Å². The quantitative estimate of drug-likeness (QED) is 0.684. The van der Waals surface area contributed by atoms with Gasteiger partial charge in [-0.1, -0.05) is 11.6 Å². The monoisotopic (exact) mass is 374 g/mol. The van der Waals surface area contributed by atoms with Crippen LogP contribution in [0.15, 0.2) is 30.6 Å². The van der Waals surface area contributed by atoms with Crippen molar-refractivity contribution in [3.63, 3.8) is 0 Å². The van der Waals surface area contributed by atoms with E-state index in [1.807, 2.05) is 30.1 Å². The van der Waals surface area contributed by atoms with Crippen LogP contribution in [0.25, 0.3) is 22.2 Å². The predicted octanol–water partition coefficient (Wildman–Crippen LogP) is 4.36. The highest BCUT2D eigenvalue weighted by molar-refractivity contribution is 6.09. The number of likely N-dealkylation sites (tertiary alicyclic amines) is 1. The maximum Gasteiger partial charge on any atom is 0.255 e. The first-order chi connectivity index (χ1) is 13.5. The summed E-state index contributed by atoms with van der Waals surface area (Å²) in [6, 6.07) is 6.62. The lowest BCUT2D eigenvalue weighted by atomic mass is 9.96. The Labute approximate surface area is 165 Å². The molecule has 0 unspecified atom stereocenters. The Balaban J connectivity index is 1.70. The molecule has 28 heavy (non-hydrogen) atoms. The van der Waals surface area contributed by atoms with Crippen LogP contribution in [0.5, 0.6) is 0 Å². The van der Waals surface area contributed by atoms with Crippen molar-refractivity contribution in [1.29, 1.82) is 0 Å². The zero-order valence-corrected chi connectivity index (χ0v) is 16.8. The number of rotatable bonds is 3. The summed E-state index contributed by atoms with van der Waals surface area (Å²) in [6.45, 7) is 7.89. The molecule has 1 saturated carbocycles. The van der Waals surface area contributed by atoms with Crippen molar-refractivity contribution >= 4 is 16.8 Å². The first-order valence-corrected chi connectivity index (χ1v) is 10.3. The zero-order valence-electron chi connectivity index (χ0n) is 16.8. The van der Waals surface area contributed by atoms with Gasteiger partial charge in [-0.3, -0.25) is 9.48 Å². The van der Waals surface area contributed by atoms with Crippen LogP contribution in [0.4, 0.5) is 0 Å². The van der Waals surface area contributed by atoms with Gasteiger partial charge >= 0.3 is 0 Å². The molecule has 2 fully saturated rings. The van der Waals surface area contributed by atoms with Crippen LogP contribution in [0.3, 0.4) is 0 Å². The number of aryl methyl sites for hydroxylation is 2. The third-order valence-corrected chi connectivity index (χ3v) is 6.50. The van der Waals surface area contributed by atoms with Crippen LogP contribution in [0, 0.1) is 19.8 Å². The van der Waals surface area contributed by atoms with E-state index in [4.69, 9.17) is 4.98 Å². The van der Waals surface area contributed by atoms with Gasteiger partial charge in [-0.05, 0) is 63.6 Å². The van der Waals surface area contributed by atoms with Crippen molar-refractivity contribution in [2.75, 3.05) is 6.54 Å². The Morgan fingerprint density at radius 1 is 1.25 bits per heavy atom. The summed E-state index contributed by atoms with van der Waals surface area (Å²) >= 11 is 0. The largest absolute Gasteiger partial charge is 0.335 e. The number of hydrogen-bond donors (Lipinski definition) is 0. The fourth-order valence-electron chi connectivity index (χ4n) is 5.00. The van der Waals surface area contributed by atoms with Gasteiger partial charge in [-0.25, -0.2) is 4.98 Å². The molecule has 0 spiro atoms. The fourth-order valence-corrected chi connectivity index (χ4v) is 5.00. The molecular weight excluding hydrogens is 348 g/mol. The van der Waals surface area contributed by atoms with Crippen LogP contribution in [0.2, 0.25) is 0 Å². The average molecular weight is 374 g/mol. The highest BCUT2D eigenvalue weighted by Gasteiger charge is 2.41. The third kappa shape index (κ3) is 2.64. The second kappa shape index (κ2) is 6.43. The van der Waals surface area contributed by atoms with E-state index >= 15 is 0 Å². The van der Waals surface area contributed by atoms with Gasteiger partial charge in [0, 0.05) is 36.3 Å². The number of pyridine rings is 1. The van der Waals surface area contributed by atoms with Gasteiger partial charge in [-0.15, -0.1) is 0 Å². The number of carbonyl (C=O) groups is 1. The van der Waals surface area contributed by atoms with Crippen LogP contribution in [-0.4, -0.2) is 38.2 Å². The molecule has 5 nitrogen and oxygen atoms in total. The SMILES string of the molecule is CCn1cc(-c2nc3ccc(C)cc3c(C(=O)N3C[C@@H]4CC[C@@H]3C4)c2C)cn1. The Morgan fingerprint density at radius 2 is 2.11 bits per heavy atom. The van der Waals surface area contributed by atoms with E-state index in [1.54, 1.807) is 0 Å². The number of carbonyl (C=O) groups excluding carboxylic acids is 1. The molecule has 5 heteroatoms. The van der Waals surface area contributed by atoms with E-state index in [-0.39, 0.29) is 5.91 Å². The van der Waals surface area contributed by atoms with Gasteiger partial charge in [0.15, 0.2) is 0 Å². The standard InChI is InChI=1S/C23H26N4O/c1-4-26-13-17(11-24-26)22-15(3)21(19-9-14(2)5-8-20(19)25-22)23(28)27-12-16-6-7-18(27)10-16/h5,8-9,11,13,16,18H,4,6-7,10,12H2,1-3H3/t16-,18-/m1/s1. The van der Waals surface area contributed by atoms with Crippen LogP contribution in [-0.2, 0) is 6.54 Å². The molecule has 0 radical (unpaired) electrons. The van der Waals surface area contributed by atoms with Crippen LogP contribution < -0.4 is 0 Å². The molecule has 1 saturated heterocycles. The molecule has 2 aromatic heterocycles. The van der Waals surface area contributed by atoms with E-state index < -0.39 is 0 Å². The molecule has 1 aromatic carbocycles. The van der Waals surface area contributed by atoms with Gasteiger partial charge in [0.05, 0.1) is 23.0 Å². The number of hydrogen-bond acceptors (Lipinski definition) is 3. The maximum absolute atomic E-state index is 13.7. The number of amides is 1. The smallest absolute Gasteiger partial charge is 0.255 e. The highest BCUT2D eigenvalue weighted by atomic mass is 16.2. The van der Waals surface area contributed by atoms with Crippen molar-refractivity contribution in [2.45, 2.75) is 52.6 Å². The first kappa shape index (κ1) is 17.4. The van der Waals surface area contributed by atoms with Crippen LogP contribution in [0.1, 0.15) is 47.7 Å². The summed E-state index contributed by atoms with van der Waals surface area (Å²) in [5, 5.41) is 5.38. The lowest BCUT2D eigenvalue weighted by Crippen LogP contribution is -2.38. The zero-order chi connectivity index (χ0) is 19.4. The minimum Gasteiger partial charge on any atom is -0.335 e. The van der Waals surface area contributed by atoms with E-state index in [0.717, 1.165) is 58.4 Å². The fraction of sp³-hybridized carbons (Fsp3) is 0.435. The van der Waals surface area contributed by atoms with E-state index in [9.17, 15) is 4.79 Å². The second-order valence-electron chi connectivity index (χ2n) is 8.36. The minimum absolute atomic E-state index is 0.173. The van der Waals surface area contributed by atoms with Crippen molar-refractivity contribution in [2.24, 2.45) is 5.92 Å². The van der Waals surface area contributed by atoms with E-state index in [2.05, 4.69) is 36.0 Å². The van der Waals surface area contributed by atoms with Crippen molar-refractivity contribution in [1.82, 2.24) is 19.7 Å². The lowest BCUT2D eigenvalue weighted by Gasteiger charge is -2.28. The Kier molecular flexibility index (Phi) is 4.00. The molecule has 144 valence electrons. The lowest BCUT2D eigenvalue weighted by molar-refractivity contribution is 0.0705. The Morgan fingerprint density at radius 3 is 2.79 bits per heavy atom. The molecule has 1 amide bonds. The molecule has 3 heterocycles. The number of aromatic nitrogens is 3. The number of benzene rings is 1. The summed E-state index contributed by atoms with van der Waals surface area (Å²) in [5.41, 5.74) is 5.64. The van der Waals surface area contributed by atoms with E-state index in [0.29, 0.717) is 12.0 Å². The average Bonchev–Trinajstić information content (AvgIpc) is 3.43. The Hall–Kier alpha value is -2.69. The molecule has 2 atom stereocenters. The van der Waals surface area contributed by atoms with Gasteiger partial charge in [0.25, 0.3) is 5.91 Å². The molecule has 1 aliphatic heterocycles. The van der Waals surface area contributed by atoms with Gasteiger partial charge < -0.3 is 4.90 Å². The van der Waals surface area contributed by atoms with Crippen molar-refractivity contribution in [3.8, 4) is 11.3 Å². The topological polar surface area (TPSA) is 51.0 Å². The van der Waals surface area contributed by atoms with Crippen molar-refractivity contribution in [3.05, 3.63) is 47.3 Å². The summed E-state index contributed by atoms with van der Waals surface area (Å²) < 4.78 is 1.90. The molecule has 2 aliphatic rings. The second-order valence-corrected chi connectivity index (χ2v) is 8.36. The van der Waals surface area contributed by atoms with Gasteiger partial charge in [0.2, 0.25) is 0 Å². The number of piperidine rings is 1. The number of nitrogens with zero attached hydrogens (tertiary/aromatic N) is 4. The first-order valence-electron chi connectivity index (χ1n) is 10.3. The molecule has 5 rings (SSSR count).